The second-order valence-electron chi connectivity index (χ2n) is 5.90. The molecule has 0 heterocycles. The molecule has 21 heavy (non-hydrogen) atoms. The van der Waals surface area contributed by atoms with Crippen molar-refractivity contribution in [3.8, 4) is 0 Å². The molecule has 1 aromatic carbocycles. The van der Waals surface area contributed by atoms with Crippen molar-refractivity contribution in [2.24, 2.45) is 5.92 Å². The monoisotopic (exact) mass is 312 g/mol. The van der Waals surface area contributed by atoms with Gasteiger partial charge in [0, 0.05) is 18.3 Å². The molecule has 0 aliphatic rings. The maximum absolute atomic E-state index is 10.8. The molecule has 1 rings (SSSR count). The summed E-state index contributed by atoms with van der Waals surface area (Å²) in [6.07, 6.45) is 6.16. The Hall–Kier alpha value is -1.29. The van der Waals surface area contributed by atoms with Gasteiger partial charge in [0.2, 0.25) is 0 Å². The first kappa shape index (κ1) is 17.8. The number of unbranched alkanes of at least 4 members (excludes halogenated alkanes) is 3. The lowest BCUT2D eigenvalue weighted by molar-refractivity contribution is -0.384. The van der Waals surface area contributed by atoms with E-state index in [4.69, 9.17) is 11.6 Å². The summed E-state index contributed by atoms with van der Waals surface area (Å²) >= 11 is 5.93. The number of aryl methyl sites for hydroxylation is 1. The molecule has 0 aromatic heterocycles. The second kappa shape index (κ2) is 8.88. The minimum Gasteiger partial charge on any atom is -0.385 e. The van der Waals surface area contributed by atoms with Gasteiger partial charge in [-0.1, -0.05) is 51.1 Å². The van der Waals surface area contributed by atoms with Crippen molar-refractivity contribution in [2.75, 3.05) is 11.9 Å². The van der Waals surface area contributed by atoms with E-state index in [-0.39, 0.29) is 10.7 Å². The van der Waals surface area contributed by atoms with E-state index >= 15 is 0 Å². The average molecular weight is 313 g/mol. The summed E-state index contributed by atoms with van der Waals surface area (Å²) in [6.45, 7) is 7.23. The summed E-state index contributed by atoms with van der Waals surface area (Å²) in [5.41, 5.74) is 1.70. The normalized spacial score (nSPS) is 10.9. The number of halogens is 1. The van der Waals surface area contributed by atoms with Crippen LogP contribution in [0.1, 0.15) is 51.5 Å². The molecule has 0 fully saturated rings. The number of anilines is 1. The highest BCUT2D eigenvalue weighted by molar-refractivity contribution is 6.33. The van der Waals surface area contributed by atoms with Gasteiger partial charge in [0.05, 0.1) is 4.92 Å². The summed E-state index contributed by atoms with van der Waals surface area (Å²) in [5.74, 6) is 0.785. The highest BCUT2D eigenvalue weighted by Gasteiger charge is 2.14. The largest absolute Gasteiger partial charge is 0.385 e. The fourth-order valence-corrected chi connectivity index (χ4v) is 2.48. The Balaban J connectivity index is 2.36. The van der Waals surface area contributed by atoms with E-state index in [2.05, 4.69) is 19.2 Å². The van der Waals surface area contributed by atoms with Crippen LogP contribution in [0.4, 0.5) is 11.4 Å². The van der Waals surface area contributed by atoms with Crippen LogP contribution >= 0.6 is 11.6 Å². The fraction of sp³-hybridized carbons (Fsp3) is 0.625. The Bertz CT molecular complexity index is 476. The lowest BCUT2D eigenvalue weighted by atomic mass is 10.0. The van der Waals surface area contributed by atoms with Crippen molar-refractivity contribution in [3.05, 3.63) is 32.8 Å². The van der Waals surface area contributed by atoms with Gasteiger partial charge in [-0.25, -0.2) is 0 Å². The van der Waals surface area contributed by atoms with Crippen molar-refractivity contribution in [3.63, 3.8) is 0 Å². The molecule has 0 unspecified atom stereocenters. The molecule has 0 saturated carbocycles. The molecule has 0 aliphatic heterocycles. The second-order valence-corrected chi connectivity index (χ2v) is 6.31. The van der Waals surface area contributed by atoms with Crippen molar-refractivity contribution in [1.82, 2.24) is 0 Å². The molecule has 0 spiro atoms. The molecule has 118 valence electrons. The third-order valence-electron chi connectivity index (χ3n) is 3.51. The van der Waals surface area contributed by atoms with E-state index in [1.54, 1.807) is 6.07 Å². The van der Waals surface area contributed by atoms with Gasteiger partial charge >= 0.3 is 0 Å². The molecule has 5 heteroatoms. The van der Waals surface area contributed by atoms with Gasteiger partial charge in [0.15, 0.2) is 0 Å². The standard InChI is InChI=1S/C16H25ClN2O2/c1-12(2)8-6-4-5-7-9-18-15-11-14(17)16(19(20)21)10-13(15)3/h10-12,18H,4-9H2,1-3H3. The van der Waals surface area contributed by atoms with Crippen molar-refractivity contribution in [2.45, 2.75) is 52.9 Å². The zero-order valence-electron chi connectivity index (χ0n) is 13.1. The number of rotatable bonds is 9. The maximum Gasteiger partial charge on any atom is 0.288 e. The van der Waals surface area contributed by atoms with Crippen LogP contribution in [0.2, 0.25) is 5.02 Å². The number of benzene rings is 1. The van der Waals surface area contributed by atoms with Gasteiger partial charge < -0.3 is 5.32 Å². The van der Waals surface area contributed by atoms with E-state index in [1.807, 2.05) is 6.92 Å². The first-order valence-electron chi connectivity index (χ1n) is 7.60. The number of hydrogen-bond donors (Lipinski definition) is 1. The zero-order valence-corrected chi connectivity index (χ0v) is 13.9. The molecule has 0 bridgehead atoms. The van der Waals surface area contributed by atoms with Gasteiger partial charge in [0.1, 0.15) is 5.02 Å². The van der Waals surface area contributed by atoms with Crippen LogP contribution in [0, 0.1) is 23.0 Å². The molecular weight excluding hydrogens is 288 g/mol. The predicted octanol–water partition coefficient (Wildman–Crippen LogP) is 5.58. The van der Waals surface area contributed by atoms with Crippen LogP contribution in [0.15, 0.2) is 12.1 Å². The van der Waals surface area contributed by atoms with E-state index in [1.165, 1.54) is 31.7 Å². The molecular formula is C16H25ClN2O2. The number of hydrogen-bond acceptors (Lipinski definition) is 3. The summed E-state index contributed by atoms with van der Waals surface area (Å²) in [6, 6.07) is 3.17. The summed E-state index contributed by atoms with van der Waals surface area (Å²) in [5, 5.41) is 14.3. The van der Waals surface area contributed by atoms with Crippen LogP contribution < -0.4 is 5.32 Å². The van der Waals surface area contributed by atoms with Gasteiger partial charge in [0.25, 0.3) is 5.69 Å². The summed E-state index contributed by atoms with van der Waals surface area (Å²) in [7, 11) is 0. The fourth-order valence-electron chi connectivity index (χ4n) is 2.25. The Labute approximate surface area is 132 Å². The van der Waals surface area contributed by atoms with Crippen LogP contribution in [-0.2, 0) is 0 Å². The predicted molar refractivity (Wildman–Crippen MR) is 89.3 cm³/mol. The number of nitro benzene ring substituents is 1. The van der Waals surface area contributed by atoms with Gasteiger partial charge in [-0.05, 0) is 30.9 Å². The molecule has 0 atom stereocenters. The topological polar surface area (TPSA) is 55.2 Å². The van der Waals surface area contributed by atoms with E-state index in [0.29, 0.717) is 0 Å². The highest BCUT2D eigenvalue weighted by atomic mass is 35.5. The Morgan fingerprint density at radius 3 is 2.52 bits per heavy atom. The smallest absolute Gasteiger partial charge is 0.288 e. The Kier molecular flexibility index (Phi) is 7.51. The van der Waals surface area contributed by atoms with Gasteiger partial charge in [-0.15, -0.1) is 0 Å². The third-order valence-corrected chi connectivity index (χ3v) is 3.82. The molecule has 0 aliphatic carbocycles. The zero-order chi connectivity index (χ0) is 15.8. The Morgan fingerprint density at radius 2 is 1.90 bits per heavy atom. The molecule has 0 radical (unpaired) electrons. The van der Waals surface area contributed by atoms with Crippen LogP contribution in [-0.4, -0.2) is 11.5 Å². The van der Waals surface area contributed by atoms with Crippen LogP contribution in [0.5, 0.6) is 0 Å². The molecule has 4 nitrogen and oxygen atoms in total. The van der Waals surface area contributed by atoms with E-state index in [0.717, 1.165) is 30.1 Å². The Morgan fingerprint density at radius 1 is 1.24 bits per heavy atom. The van der Waals surface area contributed by atoms with Crippen molar-refractivity contribution < 1.29 is 4.92 Å². The van der Waals surface area contributed by atoms with E-state index in [9.17, 15) is 10.1 Å². The molecule has 0 saturated heterocycles. The summed E-state index contributed by atoms with van der Waals surface area (Å²) < 4.78 is 0. The maximum atomic E-state index is 10.8. The number of nitrogens with zero attached hydrogens (tertiary/aromatic N) is 1. The van der Waals surface area contributed by atoms with Crippen LogP contribution in [0.25, 0.3) is 0 Å². The number of nitrogens with one attached hydrogen (secondary N) is 1. The molecule has 1 N–H and O–H groups in total. The minimum atomic E-state index is -0.451. The van der Waals surface area contributed by atoms with Gasteiger partial charge in [-0.2, -0.15) is 0 Å². The SMILES string of the molecule is Cc1cc([N+](=O)[O-])c(Cl)cc1NCCCCCCC(C)C. The first-order chi connectivity index (χ1) is 9.91. The minimum absolute atomic E-state index is 0.0339. The summed E-state index contributed by atoms with van der Waals surface area (Å²) in [4.78, 5) is 10.3. The lowest BCUT2D eigenvalue weighted by Crippen LogP contribution is -2.04. The first-order valence-corrected chi connectivity index (χ1v) is 7.98. The molecule has 1 aromatic rings. The number of nitro groups is 1. The lowest BCUT2D eigenvalue weighted by Gasteiger charge is -2.10. The average Bonchev–Trinajstić information content (AvgIpc) is 2.40. The highest BCUT2D eigenvalue weighted by Crippen LogP contribution is 2.30. The van der Waals surface area contributed by atoms with Crippen LogP contribution in [0.3, 0.4) is 0 Å². The van der Waals surface area contributed by atoms with Gasteiger partial charge in [-0.3, -0.25) is 10.1 Å². The molecule has 0 amide bonds. The quantitative estimate of drug-likeness (QED) is 0.368. The third kappa shape index (κ3) is 6.34. The van der Waals surface area contributed by atoms with Crippen molar-refractivity contribution in [1.29, 1.82) is 0 Å². The van der Waals surface area contributed by atoms with E-state index < -0.39 is 4.92 Å². The van der Waals surface area contributed by atoms with Crippen molar-refractivity contribution >= 4 is 23.0 Å².